The highest BCUT2D eigenvalue weighted by atomic mass is 32.2. The summed E-state index contributed by atoms with van der Waals surface area (Å²) in [7, 11) is -9.33. The van der Waals surface area contributed by atoms with Crippen molar-refractivity contribution in [3.05, 3.63) is 96.6 Å². The van der Waals surface area contributed by atoms with E-state index in [1.165, 1.54) is 37.3 Å². The maximum Gasteiger partial charge on any atom is 0.296 e. The molecule has 0 heterocycles. The van der Waals surface area contributed by atoms with Gasteiger partial charge in [0.1, 0.15) is 22.0 Å². The highest BCUT2D eigenvalue weighted by Crippen LogP contribution is 2.43. The van der Waals surface area contributed by atoms with Crippen LogP contribution >= 0.6 is 0 Å². The van der Waals surface area contributed by atoms with Crippen LogP contribution in [0, 0.1) is 6.92 Å². The summed E-state index contributed by atoms with van der Waals surface area (Å²) in [6.07, 6.45) is 0. The lowest BCUT2D eigenvalue weighted by Crippen LogP contribution is -2.00. The molecule has 0 fully saturated rings. The summed E-state index contributed by atoms with van der Waals surface area (Å²) < 4.78 is 66.8. The molecule has 0 aliphatic carbocycles. The molecular weight excluding hydrogens is 610 g/mol. The number of fused-ring (bicyclic) bond motifs is 1. The average molecular weight is 634 g/mol. The first-order valence-corrected chi connectivity index (χ1v) is 15.5. The van der Waals surface area contributed by atoms with E-state index in [0.29, 0.717) is 16.6 Å². The number of aryl methyl sites for hydroxylation is 1. The van der Waals surface area contributed by atoms with Crippen molar-refractivity contribution in [2.45, 2.75) is 16.7 Å². The van der Waals surface area contributed by atoms with Gasteiger partial charge in [0.2, 0.25) is 0 Å². The van der Waals surface area contributed by atoms with Crippen molar-refractivity contribution in [2.75, 3.05) is 5.32 Å². The SMILES string of the molecule is Cc1ccc(N=Nc2ccc(N=Nc3c(S(=O)(=O)O)cc4cc(Nc5ccccc5)ccc4c3O)c(O)c2)cc1S(=O)(=O)O. The number of para-hydroxylation sites is 1. The number of nitrogens with one attached hydrogen (secondary N) is 1. The lowest BCUT2D eigenvalue weighted by Gasteiger charge is -2.11. The van der Waals surface area contributed by atoms with Gasteiger partial charge in [0.15, 0.2) is 5.75 Å². The number of azo groups is 2. The fourth-order valence-corrected chi connectivity index (χ4v) is 5.62. The van der Waals surface area contributed by atoms with Gasteiger partial charge in [-0.2, -0.15) is 27.1 Å². The van der Waals surface area contributed by atoms with Gasteiger partial charge in [0.05, 0.1) is 16.3 Å². The van der Waals surface area contributed by atoms with E-state index in [9.17, 15) is 36.2 Å². The molecule has 5 aromatic rings. The summed E-state index contributed by atoms with van der Waals surface area (Å²) in [4.78, 5) is -1.02. The minimum Gasteiger partial charge on any atom is -0.506 e. The number of hydrogen-bond donors (Lipinski definition) is 5. The largest absolute Gasteiger partial charge is 0.506 e. The van der Waals surface area contributed by atoms with Crippen molar-refractivity contribution < 1.29 is 36.2 Å². The topological polar surface area (TPSA) is 211 Å². The number of anilines is 2. The van der Waals surface area contributed by atoms with Gasteiger partial charge >= 0.3 is 0 Å². The second-order valence-electron chi connectivity index (χ2n) is 9.47. The molecular formula is C29H23N5O8S2. The molecule has 0 atom stereocenters. The van der Waals surface area contributed by atoms with Crippen LogP contribution in [0.5, 0.6) is 11.5 Å². The van der Waals surface area contributed by atoms with E-state index in [1.54, 1.807) is 18.2 Å². The molecule has 5 N–H and O–H groups in total. The normalized spacial score (nSPS) is 12.3. The first-order chi connectivity index (χ1) is 20.8. The third-order valence-electron chi connectivity index (χ3n) is 6.34. The fraction of sp³-hybridized carbons (Fsp3) is 0.0345. The van der Waals surface area contributed by atoms with Crippen LogP contribution in [-0.2, 0) is 20.2 Å². The molecule has 0 amide bonds. The molecule has 15 heteroatoms. The minimum atomic E-state index is -4.87. The fourth-order valence-electron chi connectivity index (χ4n) is 4.22. The number of aromatic hydroxyl groups is 2. The molecule has 5 aromatic carbocycles. The van der Waals surface area contributed by atoms with Gasteiger partial charge in [-0.15, -0.1) is 10.2 Å². The van der Waals surface area contributed by atoms with Crippen LogP contribution in [0.1, 0.15) is 5.56 Å². The Labute approximate surface area is 251 Å². The van der Waals surface area contributed by atoms with Gasteiger partial charge in [-0.05, 0) is 78.5 Å². The molecule has 0 radical (unpaired) electrons. The van der Waals surface area contributed by atoms with Gasteiger partial charge in [-0.1, -0.05) is 24.3 Å². The van der Waals surface area contributed by atoms with Crippen molar-refractivity contribution in [1.82, 2.24) is 0 Å². The summed E-state index contributed by atoms with van der Waals surface area (Å²) in [5.41, 5.74) is 1.30. The number of phenolic OH excluding ortho intramolecular Hbond substituents is 2. The zero-order chi connectivity index (χ0) is 31.6. The Morgan fingerprint density at radius 1 is 0.636 bits per heavy atom. The molecule has 0 aliphatic rings. The number of phenols is 2. The highest BCUT2D eigenvalue weighted by molar-refractivity contribution is 7.86. The smallest absolute Gasteiger partial charge is 0.296 e. The highest BCUT2D eigenvalue weighted by Gasteiger charge is 2.22. The summed E-state index contributed by atoms with van der Waals surface area (Å²) in [5.74, 6) is -0.990. The summed E-state index contributed by atoms with van der Waals surface area (Å²) in [5, 5.41) is 40.6. The Bertz CT molecular complexity index is 2190. The summed E-state index contributed by atoms with van der Waals surface area (Å²) in [6.45, 7) is 1.51. The third-order valence-corrected chi connectivity index (χ3v) is 8.20. The first kappa shape index (κ1) is 30.2. The quantitative estimate of drug-likeness (QED) is 0.0838. The van der Waals surface area contributed by atoms with Crippen LogP contribution in [-0.4, -0.2) is 36.2 Å². The van der Waals surface area contributed by atoms with Crippen LogP contribution < -0.4 is 5.32 Å². The number of benzene rings is 5. The van der Waals surface area contributed by atoms with Crippen LogP contribution in [0.25, 0.3) is 10.8 Å². The molecule has 224 valence electrons. The van der Waals surface area contributed by atoms with E-state index in [2.05, 4.69) is 25.8 Å². The van der Waals surface area contributed by atoms with E-state index in [4.69, 9.17) is 0 Å². The van der Waals surface area contributed by atoms with Gasteiger partial charge in [0.25, 0.3) is 20.2 Å². The molecule has 44 heavy (non-hydrogen) atoms. The van der Waals surface area contributed by atoms with Crippen molar-refractivity contribution in [3.8, 4) is 11.5 Å². The van der Waals surface area contributed by atoms with Crippen molar-refractivity contribution in [1.29, 1.82) is 0 Å². The molecule has 0 spiro atoms. The van der Waals surface area contributed by atoms with E-state index >= 15 is 0 Å². The zero-order valence-electron chi connectivity index (χ0n) is 22.7. The van der Waals surface area contributed by atoms with E-state index in [0.717, 1.165) is 17.8 Å². The zero-order valence-corrected chi connectivity index (χ0v) is 24.3. The Balaban J connectivity index is 1.45. The Hall–Kier alpha value is -5.22. The molecule has 0 unspecified atom stereocenters. The average Bonchev–Trinajstić information content (AvgIpc) is 2.96. The lowest BCUT2D eigenvalue weighted by molar-refractivity contribution is 0.471. The van der Waals surface area contributed by atoms with Gasteiger partial charge in [-0.3, -0.25) is 9.11 Å². The monoisotopic (exact) mass is 633 g/mol. The van der Waals surface area contributed by atoms with Crippen molar-refractivity contribution >= 4 is 65.1 Å². The van der Waals surface area contributed by atoms with Gasteiger partial charge < -0.3 is 15.5 Å². The standard InChI is InChI=1S/C29H23N5O8S2/c1-17-7-8-22(16-26(17)43(37,38)39)32-31-21-10-12-24(25(35)15-21)33-34-28-27(44(40,41)42)14-18-13-20(9-11-23(18)29(28)36)30-19-5-3-2-4-6-19/h2-16,30,35-36H,1H3,(H,37,38,39)(H,40,41,42). The maximum absolute atomic E-state index is 12.2. The lowest BCUT2D eigenvalue weighted by atomic mass is 10.1. The van der Waals surface area contributed by atoms with E-state index in [-0.39, 0.29) is 27.3 Å². The third kappa shape index (κ3) is 6.71. The molecule has 13 nitrogen and oxygen atoms in total. The molecule has 5 rings (SSSR count). The minimum absolute atomic E-state index is 0.124. The second kappa shape index (κ2) is 11.8. The Kier molecular flexibility index (Phi) is 8.12. The molecule has 0 bridgehead atoms. The molecule has 0 aliphatic heterocycles. The van der Waals surface area contributed by atoms with E-state index in [1.807, 2.05) is 30.3 Å². The summed E-state index contributed by atoms with van der Waals surface area (Å²) >= 11 is 0. The van der Waals surface area contributed by atoms with Crippen LogP contribution in [0.4, 0.5) is 34.1 Å². The number of rotatable bonds is 8. The maximum atomic E-state index is 12.2. The van der Waals surface area contributed by atoms with Crippen LogP contribution in [0.2, 0.25) is 0 Å². The molecule has 0 saturated heterocycles. The Morgan fingerprint density at radius 2 is 1.30 bits per heavy atom. The molecule has 0 aromatic heterocycles. The predicted octanol–water partition coefficient (Wildman–Crippen LogP) is 7.63. The van der Waals surface area contributed by atoms with Crippen LogP contribution in [0.3, 0.4) is 0 Å². The number of nitrogens with zero attached hydrogens (tertiary/aromatic N) is 4. The van der Waals surface area contributed by atoms with Gasteiger partial charge in [-0.25, -0.2) is 0 Å². The van der Waals surface area contributed by atoms with Crippen molar-refractivity contribution in [2.24, 2.45) is 20.5 Å². The van der Waals surface area contributed by atoms with Gasteiger partial charge in [0, 0.05) is 22.8 Å². The van der Waals surface area contributed by atoms with E-state index < -0.39 is 42.3 Å². The predicted molar refractivity (Wildman–Crippen MR) is 163 cm³/mol. The first-order valence-electron chi connectivity index (χ1n) is 12.6. The molecule has 0 saturated carbocycles. The Morgan fingerprint density at radius 3 is 1.95 bits per heavy atom. The van der Waals surface area contributed by atoms with Crippen LogP contribution in [0.15, 0.2) is 121 Å². The summed E-state index contributed by atoms with van der Waals surface area (Å²) in [6, 6.07) is 23.1. The number of hydrogen-bond acceptors (Lipinski definition) is 11. The van der Waals surface area contributed by atoms with Crippen molar-refractivity contribution in [3.63, 3.8) is 0 Å². The second-order valence-corrected chi connectivity index (χ2v) is 12.3.